The van der Waals surface area contributed by atoms with Crippen molar-refractivity contribution in [3.8, 4) is 0 Å². The van der Waals surface area contributed by atoms with Crippen LogP contribution >= 0.6 is 34.8 Å². The summed E-state index contributed by atoms with van der Waals surface area (Å²) < 4.78 is 0. The van der Waals surface area contributed by atoms with Crippen molar-refractivity contribution < 1.29 is 0 Å². The van der Waals surface area contributed by atoms with Crippen LogP contribution in [0.25, 0.3) is 0 Å². The first-order chi connectivity index (χ1) is 11.5. The fourth-order valence-corrected chi connectivity index (χ4v) is 2.54. The minimum Gasteiger partial charge on any atom is -0.367 e. The van der Waals surface area contributed by atoms with E-state index < -0.39 is 0 Å². The van der Waals surface area contributed by atoms with Crippen LogP contribution in [0.5, 0.6) is 0 Å². The molecule has 0 aliphatic heterocycles. The Morgan fingerprint density at radius 3 is 2.17 bits per heavy atom. The summed E-state index contributed by atoms with van der Waals surface area (Å²) in [6.07, 6.45) is 2.98. The van der Waals surface area contributed by atoms with Gasteiger partial charge in [0.15, 0.2) is 0 Å². The van der Waals surface area contributed by atoms with Crippen LogP contribution in [0, 0.1) is 6.92 Å². The Morgan fingerprint density at radius 2 is 1.54 bits per heavy atom. The molecule has 5 nitrogen and oxygen atoms in total. The summed E-state index contributed by atoms with van der Waals surface area (Å²) in [7, 11) is 0. The van der Waals surface area contributed by atoms with Gasteiger partial charge in [0.2, 0.25) is 5.96 Å². The van der Waals surface area contributed by atoms with Crippen molar-refractivity contribution in [3.63, 3.8) is 0 Å². The highest BCUT2D eigenvalue weighted by atomic mass is 35.5. The van der Waals surface area contributed by atoms with Gasteiger partial charge in [-0.15, -0.1) is 5.10 Å². The summed E-state index contributed by atoms with van der Waals surface area (Å²) in [4.78, 5) is 0. The predicted octanol–water partition coefficient (Wildman–Crippen LogP) is 4.23. The third-order valence-electron chi connectivity index (χ3n) is 3.00. The highest BCUT2D eigenvalue weighted by Crippen LogP contribution is 2.22. The van der Waals surface area contributed by atoms with E-state index in [1.807, 2.05) is 19.1 Å². The Morgan fingerprint density at radius 1 is 0.958 bits per heavy atom. The fraction of sp³-hybridized carbons (Fsp3) is 0.0625. The zero-order valence-corrected chi connectivity index (χ0v) is 14.9. The lowest BCUT2D eigenvalue weighted by Gasteiger charge is -2.01. The topological polar surface area (TPSA) is 75.1 Å². The van der Waals surface area contributed by atoms with E-state index in [1.54, 1.807) is 24.3 Å². The number of benzene rings is 2. The highest BCUT2D eigenvalue weighted by molar-refractivity contribution is 6.38. The van der Waals surface area contributed by atoms with E-state index in [-0.39, 0.29) is 5.96 Å². The molecule has 0 heterocycles. The molecule has 0 saturated heterocycles. The number of guanidine groups is 1. The summed E-state index contributed by atoms with van der Waals surface area (Å²) in [6.45, 7) is 1.93. The van der Waals surface area contributed by atoms with Crippen molar-refractivity contribution in [2.75, 3.05) is 0 Å². The van der Waals surface area contributed by atoms with Crippen molar-refractivity contribution in [3.05, 3.63) is 68.2 Å². The van der Waals surface area contributed by atoms with E-state index >= 15 is 0 Å². The molecular weight excluding hydrogens is 369 g/mol. The summed E-state index contributed by atoms with van der Waals surface area (Å²) in [5.74, 6) is 0.00961. The molecule has 24 heavy (non-hydrogen) atoms. The molecule has 0 spiro atoms. The minimum atomic E-state index is 0.00961. The van der Waals surface area contributed by atoms with E-state index in [2.05, 4.69) is 20.7 Å². The quantitative estimate of drug-likeness (QED) is 0.472. The number of nitrogens with one attached hydrogen (secondary N) is 1. The molecule has 2 rings (SSSR count). The molecule has 124 valence electrons. The van der Waals surface area contributed by atoms with Gasteiger partial charge in [-0.3, -0.25) is 0 Å². The monoisotopic (exact) mass is 381 g/mol. The fourth-order valence-electron chi connectivity index (χ4n) is 1.78. The molecule has 3 N–H and O–H groups in total. The van der Waals surface area contributed by atoms with Gasteiger partial charge in [0.25, 0.3) is 0 Å². The molecule has 0 unspecified atom stereocenters. The average molecular weight is 383 g/mol. The van der Waals surface area contributed by atoms with Crippen molar-refractivity contribution in [2.45, 2.75) is 6.92 Å². The lowest BCUT2D eigenvalue weighted by molar-refractivity contribution is 0.994. The Kier molecular flexibility index (Phi) is 6.61. The molecule has 0 aliphatic rings. The Balaban J connectivity index is 2.02. The molecule has 0 radical (unpaired) electrons. The van der Waals surface area contributed by atoms with E-state index in [9.17, 15) is 0 Å². The lowest BCUT2D eigenvalue weighted by atomic mass is 10.1. The summed E-state index contributed by atoms with van der Waals surface area (Å²) >= 11 is 18.1. The molecule has 0 fully saturated rings. The van der Waals surface area contributed by atoms with Crippen molar-refractivity contribution >= 4 is 53.2 Å². The summed E-state index contributed by atoms with van der Waals surface area (Å²) in [5.41, 5.74) is 10.5. The van der Waals surface area contributed by atoms with Crippen LogP contribution in [0.1, 0.15) is 16.7 Å². The van der Waals surface area contributed by atoms with Crippen molar-refractivity contribution in [1.29, 1.82) is 0 Å². The van der Waals surface area contributed by atoms with Gasteiger partial charge in [-0.25, -0.2) is 5.43 Å². The highest BCUT2D eigenvalue weighted by Gasteiger charge is 2.02. The number of rotatable bonds is 4. The van der Waals surface area contributed by atoms with Crippen LogP contribution in [0.2, 0.25) is 15.1 Å². The molecule has 0 aromatic heterocycles. The van der Waals surface area contributed by atoms with Crippen LogP contribution < -0.4 is 11.2 Å². The lowest BCUT2D eigenvalue weighted by Crippen LogP contribution is -2.26. The molecule has 0 amide bonds. The predicted molar refractivity (Wildman–Crippen MR) is 103 cm³/mol. The number of hydrogen-bond acceptors (Lipinski definition) is 3. The maximum atomic E-state index is 6.09. The molecule has 0 saturated carbocycles. The second-order valence-corrected chi connectivity index (χ2v) is 5.93. The van der Waals surface area contributed by atoms with Gasteiger partial charge in [0, 0.05) is 16.1 Å². The SMILES string of the molecule is Cc1cccc(Cl)c1/C=N/N=C(N)N/N=C/c1c(Cl)cccc1Cl. The largest absolute Gasteiger partial charge is 0.367 e. The molecular formula is C16H14Cl3N5. The Labute approximate surface area is 154 Å². The third kappa shape index (κ3) is 4.96. The second kappa shape index (κ2) is 8.68. The van der Waals surface area contributed by atoms with Gasteiger partial charge in [-0.1, -0.05) is 53.0 Å². The molecule has 0 bridgehead atoms. The normalized spacial score (nSPS) is 12.2. The van der Waals surface area contributed by atoms with Gasteiger partial charge in [0.1, 0.15) is 0 Å². The smallest absolute Gasteiger partial charge is 0.234 e. The zero-order chi connectivity index (χ0) is 17.5. The number of hydrogen-bond donors (Lipinski definition) is 2. The summed E-state index contributed by atoms with van der Waals surface area (Å²) in [6, 6.07) is 10.7. The standard InChI is InChI=1S/C16H14Cl3N5/c1-10-4-2-5-13(17)11(10)8-21-23-16(20)24-22-9-12-14(18)6-3-7-15(12)19/h2-9H,1H3,(H3,20,23,24)/b21-8+,22-9+. The van der Waals surface area contributed by atoms with Gasteiger partial charge < -0.3 is 5.73 Å². The van der Waals surface area contributed by atoms with Gasteiger partial charge in [-0.05, 0) is 30.7 Å². The van der Waals surface area contributed by atoms with Crippen LogP contribution in [0.15, 0.2) is 51.7 Å². The zero-order valence-electron chi connectivity index (χ0n) is 12.7. The Hall–Kier alpha value is -2.08. The number of halogens is 3. The minimum absolute atomic E-state index is 0.00961. The second-order valence-electron chi connectivity index (χ2n) is 4.71. The van der Waals surface area contributed by atoms with E-state index in [1.165, 1.54) is 12.4 Å². The van der Waals surface area contributed by atoms with Crippen LogP contribution in [0.4, 0.5) is 0 Å². The van der Waals surface area contributed by atoms with Gasteiger partial charge in [0.05, 0.1) is 22.5 Å². The number of aryl methyl sites for hydroxylation is 1. The number of hydrazone groups is 1. The van der Waals surface area contributed by atoms with E-state index in [4.69, 9.17) is 40.5 Å². The van der Waals surface area contributed by atoms with Crippen molar-refractivity contribution in [1.82, 2.24) is 5.43 Å². The molecule has 2 aromatic rings. The first-order valence-electron chi connectivity index (χ1n) is 6.83. The van der Waals surface area contributed by atoms with Gasteiger partial charge >= 0.3 is 0 Å². The number of nitrogens with zero attached hydrogens (tertiary/aromatic N) is 3. The van der Waals surface area contributed by atoms with E-state index in [0.29, 0.717) is 20.6 Å². The first kappa shape index (κ1) is 18.3. The molecule has 2 aromatic carbocycles. The van der Waals surface area contributed by atoms with E-state index in [0.717, 1.165) is 11.1 Å². The average Bonchev–Trinajstić information content (AvgIpc) is 2.53. The molecule has 8 heteroatoms. The Bertz CT molecular complexity index is 775. The molecule has 0 aliphatic carbocycles. The van der Waals surface area contributed by atoms with Crippen LogP contribution in [-0.2, 0) is 0 Å². The summed E-state index contributed by atoms with van der Waals surface area (Å²) in [5, 5.41) is 13.2. The maximum Gasteiger partial charge on any atom is 0.234 e. The van der Waals surface area contributed by atoms with Crippen LogP contribution in [0.3, 0.4) is 0 Å². The van der Waals surface area contributed by atoms with Gasteiger partial charge in [-0.2, -0.15) is 10.2 Å². The number of nitrogens with two attached hydrogens (primary N) is 1. The van der Waals surface area contributed by atoms with Crippen LogP contribution in [-0.4, -0.2) is 18.4 Å². The van der Waals surface area contributed by atoms with Crippen molar-refractivity contribution in [2.24, 2.45) is 21.0 Å². The third-order valence-corrected chi connectivity index (χ3v) is 3.98. The molecule has 0 atom stereocenters. The maximum absolute atomic E-state index is 6.09. The first-order valence-corrected chi connectivity index (χ1v) is 7.97.